The molecule has 9 nitrogen and oxygen atoms in total. The highest BCUT2D eigenvalue weighted by molar-refractivity contribution is 6.33. The second kappa shape index (κ2) is 6.03. The molecule has 0 radical (unpaired) electrons. The number of hydrogen-bond donors (Lipinski definition) is 4. The van der Waals surface area contributed by atoms with E-state index in [0.717, 1.165) is 0 Å². The fourth-order valence-electron chi connectivity index (χ4n) is 2.50. The predicted molar refractivity (Wildman–Crippen MR) is 74.0 cm³/mol. The highest BCUT2D eigenvalue weighted by Gasteiger charge is 2.39. The van der Waals surface area contributed by atoms with Crippen molar-refractivity contribution in [2.45, 2.75) is 37.1 Å². The topological polar surface area (TPSA) is 134 Å². The molecular formula is C12H15ClN4O5. The van der Waals surface area contributed by atoms with E-state index < -0.39 is 37.3 Å². The zero-order valence-corrected chi connectivity index (χ0v) is 12.1. The minimum absolute atomic E-state index is 0.0121. The Labute approximate surface area is 129 Å². The molecule has 0 unspecified atom stereocenters. The van der Waals surface area contributed by atoms with Crippen molar-refractivity contribution < 1.29 is 25.2 Å². The zero-order chi connectivity index (χ0) is 15.9. The molecule has 10 heteroatoms. The maximum atomic E-state index is 9.97. The van der Waals surface area contributed by atoms with Gasteiger partial charge in [-0.25, -0.2) is 15.0 Å². The van der Waals surface area contributed by atoms with E-state index in [1.807, 2.05) is 0 Å². The van der Waals surface area contributed by atoms with Gasteiger partial charge in [0.05, 0.1) is 19.0 Å². The number of halogens is 1. The molecule has 0 bridgehead atoms. The van der Waals surface area contributed by atoms with Crippen LogP contribution in [-0.4, -0.2) is 71.0 Å². The van der Waals surface area contributed by atoms with Crippen LogP contribution in [0.5, 0.6) is 0 Å². The summed E-state index contributed by atoms with van der Waals surface area (Å²) >= 11 is 5.94. The number of nitrogens with zero attached hydrogens (tertiary/aromatic N) is 4. The first-order valence-electron chi connectivity index (χ1n) is 6.66. The summed E-state index contributed by atoms with van der Waals surface area (Å²) in [4.78, 5) is 12.0. The van der Waals surface area contributed by atoms with E-state index in [-0.39, 0.29) is 11.6 Å². The molecular weight excluding hydrogens is 316 g/mol. The molecule has 5 atom stereocenters. The lowest BCUT2D eigenvalue weighted by molar-refractivity contribution is -0.130. The summed E-state index contributed by atoms with van der Waals surface area (Å²) in [6, 6.07) is 0. The van der Waals surface area contributed by atoms with Crippen LogP contribution >= 0.6 is 11.6 Å². The third-order valence-electron chi connectivity index (χ3n) is 3.70. The fraction of sp³-hybridized carbons (Fsp3) is 0.583. The van der Waals surface area contributed by atoms with Gasteiger partial charge >= 0.3 is 0 Å². The fourth-order valence-corrected chi connectivity index (χ4v) is 2.67. The number of fused-ring (bicyclic) bond motifs is 1. The molecule has 22 heavy (non-hydrogen) atoms. The summed E-state index contributed by atoms with van der Waals surface area (Å²) in [6.45, 7) is -0.510. The summed E-state index contributed by atoms with van der Waals surface area (Å²) in [7, 11) is 0. The molecule has 3 rings (SSSR count). The summed E-state index contributed by atoms with van der Waals surface area (Å²) in [5.74, 6) is 0. The number of ether oxygens (including phenoxy) is 1. The molecule has 120 valence electrons. The number of imidazole rings is 1. The van der Waals surface area contributed by atoms with Crippen LogP contribution in [-0.2, 0) is 4.74 Å². The van der Waals surface area contributed by atoms with Gasteiger partial charge in [0.15, 0.2) is 10.8 Å². The zero-order valence-electron chi connectivity index (χ0n) is 11.3. The van der Waals surface area contributed by atoms with Gasteiger partial charge in [0, 0.05) is 6.42 Å². The summed E-state index contributed by atoms with van der Waals surface area (Å²) in [5.41, 5.74) is 0.757. The number of aliphatic hydroxyl groups is 4. The Balaban J connectivity index is 2.00. The molecule has 2 aromatic rings. The van der Waals surface area contributed by atoms with Crippen LogP contribution in [0.15, 0.2) is 12.7 Å². The minimum Gasteiger partial charge on any atom is -0.394 e. The highest BCUT2D eigenvalue weighted by atomic mass is 35.5. The normalized spacial score (nSPS) is 33.0. The molecule has 4 N–H and O–H groups in total. The molecule has 3 heterocycles. The summed E-state index contributed by atoms with van der Waals surface area (Å²) in [5, 5.41) is 39.2. The molecule has 0 saturated carbocycles. The lowest BCUT2D eigenvalue weighted by Crippen LogP contribution is -2.44. The van der Waals surface area contributed by atoms with Gasteiger partial charge in [-0.3, -0.25) is 4.57 Å². The van der Waals surface area contributed by atoms with E-state index in [4.69, 9.17) is 16.3 Å². The number of rotatable bonds is 2. The summed E-state index contributed by atoms with van der Waals surface area (Å²) in [6.07, 6.45) is -3.21. The maximum absolute atomic E-state index is 9.97. The van der Waals surface area contributed by atoms with Crippen LogP contribution in [0.25, 0.3) is 11.2 Å². The smallest absolute Gasteiger partial charge is 0.166 e. The second-order valence-electron chi connectivity index (χ2n) is 5.08. The predicted octanol–water partition coefficient (Wildman–Crippen LogP) is -1.16. The van der Waals surface area contributed by atoms with Crippen LogP contribution in [0.4, 0.5) is 0 Å². The second-order valence-corrected chi connectivity index (χ2v) is 5.44. The minimum atomic E-state index is -1.42. The first-order chi connectivity index (χ1) is 10.5. The Morgan fingerprint density at radius 1 is 1.23 bits per heavy atom. The van der Waals surface area contributed by atoms with Gasteiger partial charge in [-0.1, -0.05) is 11.6 Å². The van der Waals surface area contributed by atoms with Gasteiger partial charge < -0.3 is 25.2 Å². The van der Waals surface area contributed by atoms with Crippen molar-refractivity contribution in [2.75, 3.05) is 6.61 Å². The first kappa shape index (κ1) is 15.5. The van der Waals surface area contributed by atoms with Gasteiger partial charge in [-0.2, -0.15) is 0 Å². The van der Waals surface area contributed by atoms with E-state index in [9.17, 15) is 20.4 Å². The van der Waals surface area contributed by atoms with E-state index >= 15 is 0 Å². The van der Waals surface area contributed by atoms with Gasteiger partial charge in [0.1, 0.15) is 36.4 Å². The number of hydrogen-bond acceptors (Lipinski definition) is 8. The monoisotopic (exact) mass is 330 g/mol. The Morgan fingerprint density at radius 2 is 2.00 bits per heavy atom. The molecule has 0 aromatic carbocycles. The molecule has 1 aliphatic rings. The Bertz CT molecular complexity index is 668. The van der Waals surface area contributed by atoms with Gasteiger partial charge in [0.25, 0.3) is 0 Å². The van der Waals surface area contributed by atoms with Gasteiger partial charge in [-0.05, 0) is 0 Å². The van der Waals surface area contributed by atoms with Crippen molar-refractivity contribution in [3.8, 4) is 0 Å². The molecule has 0 amide bonds. The average molecular weight is 331 g/mol. The van der Waals surface area contributed by atoms with Crippen LogP contribution in [0.1, 0.15) is 12.6 Å². The van der Waals surface area contributed by atoms with Crippen molar-refractivity contribution in [3.05, 3.63) is 17.8 Å². The SMILES string of the molecule is OC[C@H]1O[C@@H](n2cnc3c(Cl)ncnc32)C[C@H](O)[C@@H](O)[C@@H]1O. The average Bonchev–Trinajstić information content (AvgIpc) is 2.91. The van der Waals surface area contributed by atoms with E-state index in [2.05, 4.69) is 15.0 Å². The molecule has 2 aromatic heterocycles. The quantitative estimate of drug-likeness (QED) is 0.507. The largest absolute Gasteiger partial charge is 0.394 e. The van der Waals surface area contributed by atoms with Crippen molar-refractivity contribution in [2.24, 2.45) is 0 Å². The molecule has 1 saturated heterocycles. The molecule has 1 aliphatic heterocycles. The van der Waals surface area contributed by atoms with E-state index in [1.165, 1.54) is 17.2 Å². The van der Waals surface area contributed by atoms with E-state index in [1.54, 1.807) is 0 Å². The summed E-state index contributed by atoms with van der Waals surface area (Å²) < 4.78 is 7.12. The first-order valence-corrected chi connectivity index (χ1v) is 7.04. The lowest BCUT2D eigenvalue weighted by Gasteiger charge is -2.24. The highest BCUT2D eigenvalue weighted by Crippen LogP contribution is 2.29. The Kier molecular flexibility index (Phi) is 4.26. The standard InChI is InChI=1S/C12H15ClN4O5/c13-11-8-12(15-3-14-11)17(4-16-8)7-1-5(19)9(20)10(21)6(2-18)22-7/h3-7,9-10,18-21H,1-2H2/t5-,6+,7+,9+,10+/m0/s1. The van der Waals surface area contributed by atoms with Crippen molar-refractivity contribution >= 4 is 22.8 Å². The number of aromatic nitrogens is 4. The van der Waals surface area contributed by atoms with Crippen molar-refractivity contribution in [3.63, 3.8) is 0 Å². The van der Waals surface area contributed by atoms with Crippen LogP contribution in [0.2, 0.25) is 5.15 Å². The number of aliphatic hydroxyl groups excluding tert-OH is 4. The third kappa shape index (κ3) is 2.56. The third-order valence-corrected chi connectivity index (χ3v) is 3.98. The Morgan fingerprint density at radius 3 is 2.73 bits per heavy atom. The Hall–Kier alpha value is -1.36. The van der Waals surface area contributed by atoms with Crippen molar-refractivity contribution in [1.29, 1.82) is 0 Å². The van der Waals surface area contributed by atoms with Crippen molar-refractivity contribution in [1.82, 2.24) is 19.5 Å². The maximum Gasteiger partial charge on any atom is 0.166 e. The van der Waals surface area contributed by atoms with E-state index in [0.29, 0.717) is 11.2 Å². The van der Waals surface area contributed by atoms with Crippen LogP contribution in [0.3, 0.4) is 0 Å². The molecule has 0 spiro atoms. The van der Waals surface area contributed by atoms with Gasteiger partial charge in [0.2, 0.25) is 0 Å². The van der Waals surface area contributed by atoms with Gasteiger partial charge in [-0.15, -0.1) is 0 Å². The molecule has 1 fully saturated rings. The van der Waals surface area contributed by atoms with Crippen LogP contribution < -0.4 is 0 Å². The lowest BCUT2D eigenvalue weighted by atomic mass is 10.0. The molecule has 0 aliphatic carbocycles. The van der Waals surface area contributed by atoms with Crippen LogP contribution in [0, 0.1) is 0 Å².